The number of carbonyl (C=O) groups is 2. The summed E-state index contributed by atoms with van der Waals surface area (Å²) in [5.74, 6) is 0.152. The third-order valence-corrected chi connectivity index (χ3v) is 4.88. The van der Waals surface area contributed by atoms with Crippen molar-refractivity contribution in [3.8, 4) is 0 Å². The van der Waals surface area contributed by atoms with E-state index in [0.29, 0.717) is 25.9 Å². The fraction of sp³-hybridized carbons (Fsp3) is 0.500. The molecule has 1 aromatic carbocycles. The van der Waals surface area contributed by atoms with Crippen molar-refractivity contribution in [2.45, 2.75) is 44.6 Å². The van der Waals surface area contributed by atoms with Crippen molar-refractivity contribution in [3.63, 3.8) is 0 Å². The lowest BCUT2D eigenvalue weighted by molar-refractivity contribution is -0.137. The average Bonchev–Trinajstić information content (AvgIpc) is 2.62. The summed E-state index contributed by atoms with van der Waals surface area (Å²) in [7, 11) is 0. The van der Waals surface area contributed by atoms with Crippen LogP contribution in [-0.2, 0) is 20.7 Å². The molecule has 1 N–H and O–H groups in total. The quantitative estimate of drug-likeness (QED) is 0.904. The van der Waals surface area contributed by atoms with E-state index < -0.39 is 0 Å². The number of anilines is 1. The average molecular weight is 327 g/mol. The monoisotopic (exact) mass is 327 g/mol. The zero-order chi connectivity index (χ0) is 16.5. The number of benzene rings is 1. The molecule has 0 bridgehead atoms. The Morgan fingerprint density at radius 1 is 1.17 bits per heavy atom. The molecule has 126 valence electrons. The lowest BCUT2D eigenvalue weighted by atomic mass is 9.96. The van der Waals surface area contributed by atoms with E-state index in [0.717, 1.165) is 48.4 Å². The van der Waals surface area contributed by atoms with Crippen molar-refractivity contribution >= 4 is 23.2 Å². The van der Waals surface area contributed by atoms with Crippen molar-refractivity contribution < 1.29 is 14.3 Å². The van der Waals surface area contributed by atoms with Crippen LogP contribution in [0.5, 0.6) is 0 Å². The van der Waals surface area contributed by atoms with Crippen LogP contribution in [0.4, 0.5) is 5.69 Å². The number of rotatable bonds is 2. The van der Waals surface area contributed by atoms with Gasteiger partial charge in [-0.05, 0) is 42.5 Å². The molecule has 0 aromatic heterocycles. The smallest absolute Gasteiger partial charge is 0.243 e. The van der Waals surface area contributed by atoms with Crippen LogP contribution in [0, 0.1) is 0 Å². The number of hydrogen-bond donors (Lipinski definition) is 1. The molecule has 4 rings (SSSR count). The highest BCUT2D eigenvalue weighted by molar-refractivity contribution is 6.05. The van der Waals surface area contributed by atoms with E-state index >= 15 is 0 Å². The minimum atomic E-state index is 0.0541. The van der Waals surface area contributed by atoms with Crippen LogP contribution in [0.2, 0.25) is 0 Å². The molecule has 6 nitrogen and oxygen atoms in total. The van der Waals surface area contributed by atoms with Gasteiger partial charge < -0.3 is 10.1 Å². The lowest BCUT2D eigenvalue weighted by Gasteiger charge is -2.33. The van der Waals surface area contributed by atoms with E-state index in [1.807, 2.05) is 12.1 Å². The molecule has 3 aliphatic rings. The van der Waals surface area contributed by atoms with Gasteiger partial charge in [-0.2, -0.15) is 5.10 Å². The maximum absolute atomic E-state index is 12.3. The van der Waals surface area contributed by atoms with E-state index in [2.05, 4.69) is 16.5 Å². The first-order valence-electron chi connectivity index (χ1n) is 8.61. The number of fused-ring (bicyclic) bond motifs is 1. The molecule has 0 saturated carbocycles. The van der Waals surface area contributed by atoms with Gasteiger partial charge in [0.1, 0.15) is 0 Å². The van der Waals surface area contributed by atoms with Crippen molar-refractivity contribution in [1.29, 1.82) is 0 Å². The van der Waals surface area contributed by atoms with E-state index in [9.17, 15) is 9.59 Å². The number of amides is 2. The second kappa shape index (κ2) is 6.36. The zero-order valence-corrected chi connectivity index (χ0v) is 13.6. The summed E-state index contributed by atoms with van der Waals surface area (Å²) >= 11 is 0. The van der Waals surface area contributed by atoms with Gasteiger partial charge in [0.15, 0.2) is 0 Å². The Hall–Kier alpha value is -2.21. The standard InChI is InChI=1S/C18H21N3O3/c22-17-7-4-12-10-13(3-5-15(12)19-17)16-6-8-18(23)21(20-16)14-2-1-9-24-11-14/h3,5,10,14H,1-2,4,6-9,11H2,(H,19,22). The molecular weight excluding hydrogens is 306 g/mol. The summed E-state index contributed by atoms with van der Waals surface area (Å²) in [6, 6.07) is 6.07. The van der Waals surface area contributed by atoms with Crippen LogP contribution in [0.1, 0.15) is 43.2 Å². The molecule has 3 aliphatic heterocycles. The van der Waals surface area contributed by atoms with Crippen LogP contribution in [0.25, 0.3) is 0 Å². The van der Waals surface area contributed by atoms with Gasteiger partial charge in [0.2, 0.25) is 11.8 Å². The highest BCUT2D eigenvalue weighted by Crippen LogP contribution is 2.26. The zero-order valence-electron chi connectivity index (χ0n) is 13.6. The van der Waals surface area contributed by atoms with Gasteiger partial charge in [-0.15, -0.1) is 0 Å². The van der Waals surface area contributed by atoms with Gasteiger partial charge in [0.25, 0.3) is 0 Å². The molecule has 0 spiro atoms. The Kier molecular flexibility index (Phi) is 4.06. The van der Waals surface area contributed by atoms with E-state index in [-0.39, 0.29) is 17.9 Å². The van der Waals surface area contributed by atoms with Crippen LogP contribution in [0.15, 0.2) is 23.3 Å². The maximum Gasteiger partial charge on any atom is 0.243 e. The fourth-order valence-corrected chi connectivity index (χ4v) is 3.54. The number of ether oxygens (including phenoxy) is 1. The molecule has 24 heavy (non-hydrogen) atoms. The SMILES string of the molecule is O=C1CCc2cc(C3=NN(C4CCCOC4)C(=O)CC3)ccc2N1. The van der Waals surface area contributed by atoms with Crippen LogP contribution in [0.3, 0.4) is 0 Å². The highest BCUT2D eigenvalue weighted by atomic mass is 16.5. The summed E-state index contributed by atoms with van der Waals surface area (Å²) in [4.78, 5) is 23.7. The summed E-state index contributed by atoms with van der Waals surface area (Å²) in [6.07, 6.45) is 4.34. The molecule has 1 aromatic rings. The number of nitrogens with zero attached hydrogens (tertiary/aromatic N) is 2. The molecule has 0 radical (unpaired) electrons. The first-order valence-corrected chi connectivity index (χ1v) is 8.61. The van der Waals surface area contributed by atoms with Crippen molar-refractivity contribution in [2.75, 3.05) is 18.5 Å². The first kappa shape index (κ1) is 15.3. The number of hydrazone groups is 1. The summed E-state index contributed by atoms with van der Waals surface area (Å²) < 4.78 is 5.51. The molecule has 1 saturated heterocycles. The van der Waals surface area contributed by atoms with Gasteiger partial charge in [-0.1, -0.05) is 6.07 Å². The molecule has 1 atom stereocenters. The van der Waals surface area contributed by atoms with Crippen LogP contribution in [-0.4, -0.2) is 41.8 Å². The van der Waals surface area contributed by atoms with Crippen molar-refractivity contribution in [3.05, 3.63) is 29.3 Å². The van der Waals surface area contributed by atoms with Gasteiger partial charge in [0, 0.05) is 31.6 Å². The van der Waals surface area contributed by atoms with Gasteiger partial charge in [0.05, 0.1) is 18.4 Å². The Bertz CT molecular complexity index is 707. The Morgan fingerprint density at radius 2 is 2.08 bits per heavy atom. The van der Waals surface area contributed by atoms with Crippen molar-refractivity contribution in [1.82, 2.24) is 5.01 Å². The number of nitrogens with one attached hydrogen (secondary N) is 1. The second-order valence-electron chi connectivity index (χ2n) is 6.58. The Labute approximate surface area is 140 Å². The molecule has 1 unspecified atom stereocenters. The lowest BCUT2D eigenvalue weighted by Crippen LogP contribution is -2.44. The number of hydrogen-bond acceptors (Lipinski definition) is 4. The summed E-state index contributed by atoms with van der Waals surface area (Å²) in [6.45, 7) is 1.34. The predicted octanol–water partition coefficient (Wildman–Crippen LogP) is 2.08. The highest BCUT2D eigenvalue weighted by Gasteiger charge is 2.30. The number of aryl methyl sites for hydroxylation is 1. The van der Waals surface area contributed by atoms with E-state index in [4.69, 9.17) is 4.74 Å². The molecular formula is C18H21N3O3. The fourth-order valence-electron chi connectivity index (χ4n) is 3.54. The topological polar surface area (TPSA) is 71.0 Å². The van der Waals surface area contributed by atoms with Gasteiger partial charge >= 0.3 is 0 Å². The second-order valence-corrected chi connectivity index (χ2v) is 6.58. The van der Waals surface area contributed by atoms with Gasteiger partial charge in [-0.3, -0.25) is 9.59 Å². The van der Waals surface area contributed by atoms with E-state index in [1.54, 1.807) is 5.01 Å². The van der Waals surface area contributed by atoms with Crippen molar-refractivity contribution in [2.24, 2.45) is 5.10 Å². The molecule has 3 heterocycles. The third kappa shape index (κ3) is 2.94. The Morgan fingerprint density at radius 3 is 2.92 bits per heavy atom. The first-order chi connectivity index (χ1) is 11.7. The molecule has 6 heteroatoms. The predicted molar refractivity (Wildman–Crippen MR) is 89.9 cm³/mol. The van der Waals surface area contributed by atoms with E-state index in [1.165, 1.54) is 0 Å². The maximum atomic E-state index is 12.3. The molecule has 1 fully saturated rings. The summed E-state index contributed by atoms with van der Waals surface area (Å²) in [5, 5.41) is 9.19. The minimum absolute atomic E-state index is 0.0541. The normalized spacial score (nSPS) is 24.2. The molecule has 2 amide bonds. The Balaban J connectivity index is 1.61. The largest absolute Gasteiger partial charge is 0.379 e. The van der Waals surface area contributed by atoms with Crippen LogP contribution >= 0.6 is 0 Å². The molecule has 0 aliphatic carbocycles. The summed E-state index contributed by atoms with van der Waals surface area (Å²) in [5.41, 5.74) is 4.01. The minimum Gasteiger partial charge on any atom is -0.379 e. The number of carbonyl (C=O) groups excluding carboxylic acids is 2. The third-order valence-electron chi connectivity index (χ3n) is 4.88. The van der Waals surface area contributed by atoms with Gasteiger partial charge in [-0.25, -0.2) is 5.01 Å². The van der Waals surface area contributed by atoms with Crippen LogP contribution < -0.4 is 5.32 Å².